The highest BCUT2D eigenvalue weighted by atomic mass is 19.4. The van der Waals surface area contributed by atoms with Gasteiger partial charge in [-0.25, -0.2) is 9.18 Å². The zero-order chi connectivity index (χ0) is 15.5. The predicted molar refractivity (Wildman–Crippen MR) is 63.1 cm³/mol. The minimum Gasteiger partial charge on any atom is -0.478 e. The van der Waals surface area contributed by atoms with Crippen molar-refractivity contribution in [3.8, 4) is 0 Å². The number of nitrogens with zero attached hydrogens (tertiary/aromatic N) is 1. The van der Waals surface area contributed by atoms with Gasteiger partial charge in [-0.3, -0.25) is 0 Å². The van der Waals surface area contributed by atoms with Crippen LogP contribution in [0.15, 0.2) is 12.1 Å². The van der Waals surface area contributed by atoms with Crippen molar-refractivity contribution in [1.29, 1.82) is 0 Å². The van der Waals surface area contributed by atoms with Gasteiger partial charge in [0.1, 0.15) is 17.9 Å². The molecule has 0 aliphatic carbocycles. The molecule has 0 aliphatic rings. The number of benzene rings is 1. The molecule has 0 atom stereocenters. The quantitative estimate of drug-likeness (QED) is 0.566. The Morgan fingerprint density at radius 1 is 1.35 bits per heavy atom. The molecule has 4 N–H and O–H groups in total. The number of aromatic carboxylic acids is 1. The molecule has 20 heavy (non-hydrogen) atoms. The standard InChI is InChI=1S/C11H12F4N2O3/c12-6-1-2-7(8(9(6)16)10(19)20)17(3-4-18)5-11(13,14)15/h1-2,18H,3-5,16H2,(H,19,20). The number of nitrogen functional groups attached to an aromatic ring is 1. The molecule has 9 heteroatoms. The van der Waals surface area contributed by atoms with Gasteiger partial charge in [-0.1, -0.05) is 0 Å². The number of anilines is 2. The minimum absolute atomic E-state index is 0.400. The SMILES string of the molecule is Nc1c(F)ccc(N(CCO)CC(F)(F)F)c1C(=O)O. The number of hydrogen-bond acceptors (Lipinski definition) is 4. The van der Waals surface area contributed by atoms with Crippen LogP contribution in [0.3, 0.4) is 0 Å². The number of aliphatic hydroxyl groups is 1. The Hall–Kier alpha value is -2.03. The number of carboxylic acid groups (broad SMARTS) is 1. The van der Waals surface area contributed by atoms with Crippen LogP contribution in [-0.2, 0) is 0 Å². The van der Waals surface area contributed by atoms with Crippen LogP contribution in [0, 0.1) is 5.82 Å². The summed E-state index contributed by atoms with van der Waals surface area (Å²) in [7, 11) is 0. The Kier molecular flexibility index (Phi) is 4.77. The maximum Gasteiger partial charge on any atom is 0.405 e. The molecule has 0 saturated carbocycles. The van der Waals surface area contributed by atoms with Crippen LogP contribution in [0.1, 0.15) is 10.4 Å². The normalized spacial score (nSPS) is 11.4. The van der Waals surface area contributed by atoms with E-state index < -0.39 is 54.6 Å². The summed E-state index contributed by atoms with van der Waals surface area (Å²) >= 11 is 0. The van der Waals surface area contributed by atoms with Gasteiger partial charge >= 0.3 is 12.1 Å². The first-order chi connectivity index (χ1) is 9.17. The van der Waals surface area contributed by atoms with E-state index in [9.17, 15) is 22.4 Å². The van der Waals surface area contributed by atoms with Crippen LogP contribution in [-0.4, -0.2) is 42.1 Å². The number of hydrogen-bond donors (Lipinski definition) is 3. The average Bonchev–Trinajstić information content (AvgIpc) is 2.29. The van der Waals surface area contributed by atoms with E-state index in [4.69, 9.17) is 15.9 Å². The summed E-state index contributed by atoms with van der Waals surface area (Å²) in [5, 5.41) is 17.8. The van der Waals surface area contributed by atoms with Gasteiger partial charge in [0.2, 0.25) is 0 Å². The second-order valence-electron chi connectivity index (χ2n) is 3.92. The molecule has 0 amide bonds. The van der Waals surface area contributed by atoms with Crippen molar-refractivity contribution in [3.05, 3.63) is 23.5 Å². The Labute approximate surface area is 111 Å². The van der Waals surface area contributed by atoms with Crippen molar-refractivity contribution in [2.75, 3.05) is 30.3 Å². The molecule has 0 bridgehead atoms. The van der Waals surface area contributed by atoms with Gasteiger partial charge in [0.15, 0.2) is 0 Å². The number of alkyl halides is 3. The fourth-order valence-electron chi connectivity index (χ4n) is 1.69. The molecular formula is C11H12F4N2O3. The summed E-state index contributed by atoms with van der Waals surface area (Å²) in [5.74, 6) is -2.69. The molecule has 0 unspecified atom stereocenters. The van der Waals surface area contributed by atoms with Crippen LogP contribution >= 0.6 is 0 Å². The lowest BCUT2D eigenvalue weighted by atomic mass is 10.1. The Morgan fingerprint density at radius 2 is 1.95 bits per heavy atom. The van der Waals surface area contributed by atoms with E-state index >= 15 is 0 Å². The summed E-state index contributed by atoms with van der Waals surface area (Å²) in [6.07, 6.45) is -4.62. The van der Waals surface area contributed by atoms with Gasteiger partial charge in [-0.2, -0.15) is 13.2 Å². The second kappa shape index (κ2) is 5.95. The molecule has 0 aliphatic heterocycles. The molecule has 0 spiro atoms. The number of carboxylic acids is 1. The first kappa shape index (κ1) is 16.0. The van der Waals surface area contributed by atoms with E-state index in [2.05, 4.69) is 0 Å². The third-order valence-electron chi connectivity index (χ3n) is 2.46. The van der Waals surface area contributed by atoms with Crippen molar-refractivity contribution >= 4 is 17.3 Å². The molecule has 0 aromatic heterocycles. The zero-order valence-electron chi connectivity index (χ0n) is 10.1. The van der Waals surface area contributed by atoms with E-state index in [0.717, 1.165) is 12.1 Å². The largest absolute Gasteiger partial charge is 0.478 e. The van der Waals surface area contributed by atoms with Gasteiger partial charge in [-0.05, 0) is 12.1 Å². The van der Waals surface area contributed by atoms with Crippen LogP contribution < -0.4 is 10.6 Å². The molecule has 1 rings (SSSR count). The van der Waals surface area contributed by atoms with Crippen LogP contribution in [0.5, 0.6) is 0 Å². The van der Waals surface area contributed by atoms with Crippen molar-refractivity contribution in [1.82, 2.24) is 0 Å². The summed E-state index contributed by atoms with van der Waals surface area (Å²) in [4.78, 5) is 11.6. The second-order valence-corrected chi connectivity index (χ2v) is 3.92. The molecular weight excluding hydrogens is 284 g/mol. The Balaban J connectivity index is 3.33. The fraction of sp³-hybridized carbons (Fsp3) is 0.364. The lowest BCUT2D eigenvalue weighted by Gasteiger charge is -2.27. The van der Waals surface area contributed by atoms with Crippen LogP contribution in [0.25, 0.3) is 0 Å². The highest BCUT2D eigenvalue weighted by molar-refractivity contribution is 6.00. The Bertz CT molecular complexity index is 505. The fourth-order valence-corrected chi connectivity index (χ4v) is 1.69. The first-order valence-electron chi connectivity index (χ1n) is 5.41. The number of aliphatic hydroxyl groups excluding tert-OH is 1. The van der Waals surface area contributed by atoms with Gasteiger partial charge in [0.25, 0.3) is 0 Å². The number of carbonyl (C=O) groups is 1. The van der Waals surface area contributed by atoms with Crippen molar-refractivity contribution in [2.45, 2.75) is 6.18 Å². The zero-order valence-corrected chi connectivity index (χ0v) is 10.1. The molecule has 0 fully saturated rings. The van der Waals surface area contributed by atoms with E-state index in [1.807, 2.05) is 0 Å². The van der Waals surface area contributed by atoms with Gasteiger partial charge in [0, 0.05) is 6.54 Å². The molecule has 1 aromatic carbocycles. The molecule has 1 aromatic rings. The molecule has 112 valence electrons. The number of halogens is 4. The summed E-state index contributed by atoms with van der Waals surface area (Å²) in [6.45, 7) is -2.59. The predicted octanol–water partition coefficient (Wildman–Crippen LogP) is 1.47. The minimum atomic E-state index is -4.62. The lowest BCUT2D eigenvalue weighted by Crippen LogP contribution is -2.37. The third-order valence-corrected chi connectivity index (χ3v) is 2.46. The first-order valence-corrected chi connectivity index (χ1v) is 5.41. The molecule has 0 radical (unpaired) electrons. The average molecular weight is 296 g/mol. The van der Waals surface area contributed by atoms with E-state index in [0.29, 0.717) is 4.90 Å². The van der Waals surface area contributed by atoms with Crippen molar-refractivity contribution in [3.63, 3.8) is 0 Å². The van der Waals surface area contributed by atoms with Crippen molar-refractivity contribution in [2.24, 2.45) is 0 Å². The smallest absolute Gasteiger partial charge is 0.405 e. The summed E-state index contributed by atoms with van der Waals surface area (Å²) in [6, 6.07) is 1.66. The lowest BCUT2D eigenvalue weighted by molar-refractivity contribution is -0.119. The maximum absolute atomic E-state index is 13.2. The summed E-state index contributed by atoms with van der Waals surface area (Å²) < 4.78 is 50.6. The third kappa shape index (κ3) is 3.73. The van der Waals surface area contributed by atoms with E-state index in [1.54, 1.807) is 0 Å². The van der Waals surface area contributed by atoms with E-state index in [-0.39, 0.29) is 0 Å². The number of nitrogens with two attached hydrogens (primary N) is 1. The molecule has 0 saturated heterocycles. The van der Waals surface area contributed by atoms with Gasteiger partial charge < -0.3 is 20.8 Å². The summed E-state index contributed by atoms with van der Waals surface area (Å²) in [5.41, 5.74) is 3.34. The van der Waals surface area contributed by atoms with Crippen molar-refractivity contribution < 1.29 is 32.6 Å². The maximum atomic E-state index is 13.2. The van der Waals surface area contributed by atoms with E-state index in [1.165, 1.54) is 0 Å². The highest BCUT2D eigenvalue weighted by Crippen LogP contribution is 2.30. The van der Waals surface area contributed by atoms with Crippen LogP contribution in [0.4, 0.5) is 28.9 Å². The van der Waals surface area contributed by atoms with Gasteiger partial charge in [-0.15, -0.1) is 0 Å². The monoisotopic (exact) mass is 296 g/mol. The van der Waals surface area contributed by atoms with Crippen LogP contribution in [0.2, 0.25) is 0 Å². The Morgan fingerprint density at radius 3 is 2.40 bits per heavy atom. The topological polar surface area (TPSA) is 86.8 Å². The molecule has 0 heterocycles. The van der Waals surface area contributed by atoms with Gasteiger partial charge in [0.05, 0.1) is 18.0 Å². The molecule has 5 nitrogen and oxygen atoms in total. The number of rotatable bonds is 5. The highest BCUT2D eigenvalue weighted by Gasteiger charge is 2.33.